The first-order chi connectivity index (χ1) is 9.09. The quantitative estimate of drug-likeness (QED) is 0.918. The second kappa shape index (κ2) is 5.48. The van der Waals surface area contributed by atoms with E-state index in [0.29, 0.717) is 22.4 Å². The number of hydrogen-bond acceptors (Lipinski definition) is 3. The number of halogens is 1. The monoisotopic (exact) mass is 260 g/mol. The van der Waals surface area contributed by atoms with E-state index in [9.17, 15) is 9.18 Å². The molecule has 1 heterocycles. The molecular weight excluding hydrogens is 247 g/mol. The summed E-state index contributed by atoms with van der Waals surface area (Å²) in [5, 5.41) is 0. The van der Waals surface area contributed by atoms with Crippen LogP contribution in [0.4, 0.5) is 4.39 Å². The summed E-state index contributed by atoms with van der Waals surface area (Å²) in [5.41, 5.74) is 6.74. The lowest BCUT2D eigenvalue weighted by Crippen LogP contribution is -2.13. The van der Waals surface area contributed by atoms with Crippen molar-refractivity contribution in [1.29, 1.82) is 0 Å². The maximum absolute atomic E-state index is 13.0. The number of primary amides is 1. The van der Waals surface area contributed by atoms with Crippen molar-refractivity contribution in [3.63, 3.8) is 0 Å². The SMILES string of the molecule is CC(F)Oc1ccccc1-c1cnccc1C(N)=O. The summed E-state index contributed by atoms with van der Waals surface area (Å²) in [6.45, 7) is 1.29. The van der Waals surface area contributed by atoms with Gasteiger partial charge in [-0.3, -0.25) is 9.78 Å². The number of carbonyl (C=O) groups excluding carboxylic acids is 1. The van der Waals surface area contributed by atoms with Gasteiger partial charge < -0.3 is 10.5 Å². The van der Waals surface area contributed by atoms with Gasteiger partial charge in [-0.2, -0.15) is 0 Å². The molecule has 1 aromatic heterocycles. The molecule has 0 fully saturated rings. The number of pyridine rings is 1. The molecular formula is C14H13FN2O2. The molecule has 1 aromatic carbocycles. The Labute approximate surface area is 110 Å². The molecule has 4 nitrogen and oxygen atoms in total. The van der Waals surface area contributed by atoms with E-state index in [1.54, 1.807) is 24.3 Å². The van der Waals surface area contributed by atoms with Crippen LogP contribution >= 0.6 is 0 Å². The third-order valence-corrected chi connectivity index (χ3v) is 2.55. The number of amides is 1. The third-order valence-electron chi connectivity index (χ3n) is 2.55. The molecule has 0 saturated carbocycles. The van der Waals surface area contributed by atoms with Crippen LogP contribution in [-0.2, 0) is 0 Å². The van der Waals surface area contributed by atoms with Crippen LogP contribution in [0.15, 0.2) is 42.7 Å². The standard InChI is InChI=1S/C14H13FN2O2/c1-9(15)19-13-5-3-2-4-10(13)12-8-17-7-6-11(12)14(16)18/h2-9H,1H3,(H2,16,18). The minimum absolute atomic E-state index is 0.317. The number of alkyl halides is 1. The first kappa shape index (κ1) is 13.0. The lowest BCUT2D eigenvalue weighted by molar-refractivity contribution is 0.0867. The van der Waals surface area contributed by atoms with Gasteiger partial charge in [0.05, 0.1) is 5.56 Å². The average molecular weight is 260 g/mol. The predicted molar refractivity (Wildman–Crippen MR) is 69.4 cm³/mol. The molecule has 2 rings (SSSR count). The van der Waals surface area contributed by atoms with Crippen molar-refractivity contribution in [1.82, 2.24) is 4.98 Å². The van der Waals surface area contributed by atoms with Crippen molar-refractivity contribution < 1.29 is 13.9 Å². The van der Waals surface area contributed by atoms with Crippen LogP contribution in [-0.4, -0.2) is 17.2 Å². The summed E-state index contributed by atoms with van der Waals surface area (Å²) in [7, 11) is 0. The van der Waals surface area contributed by atoms with Crippen molar-refractivity contribution in [2.24, 2.45) is 5.73 Å². The van der Waals surface area contributed by atoms with Crippen LogP contribution in [0.25, 0.3) is 11.1 Å². The van der Waals surface area contributed by atoms with Gasteiger partial charge in [0, 0.05) is 30.4 Å². The number of ether oxygens (including phenoxy) is 1. The highest BCUT2D eigenvalue weighted by molar-refractivity contribution is 6.00. The highest BCUT2D eigenvalue weighted by atomic mass is 19.1. The summed E-state index contributed by atoms with van der Waals surface area (Å²) in [6, 6.07) is 8.36. The second-order valence-electron chi connectivity index (χ2n) is 3.94. The van der Waals surface area contributed by atoms with Crippen molar-refractivity contribution in [3.8, 4) is 16.9 Å². The van der Waals surface area contributed by atoms with Crippen LogP contribution in [0.1, 0.15) is 17.3 Å². The summed E-state index contributed by atoms with van der Waals surface area (Å²) in [4.78, 5) is 15.4. The van der Waals surface area contributed by atoms with E-state index in [2.05, 4.69) is 4.98 Å². The van der Waals surface area contributed by atoms with Gasteiger partial charge in [-0.05, 0) is 12.1 Å². The molecule has 0 aliphatic rings. The maximum atomic E-state index is 13.0. The Bertz CT molecular complexity index is 600. The highest BCUT2D eigenvalue weighted by Crippen LogP contribution is 2.32. The summed E-state index contributed by atoms with van der Waals surface area (Å²) in [6.07, 6.45) is 1.53. The molecule has 0 spiro atoms. The molecule has 98 valence electrons. The smallest absolute Gasteiger partial charge is 0.249 e. The number of rotatable bonds is 4. The number of nitrogens with zero attached hydrogens (tertiary/aromatic N) is 1. The molecule has 0 radical (unpaired) electrons. The van der Waals surface area contributed by atoms with E-state index in [4.69, 9.17) is 10.5 Å². The zero-order valence-electron chi connectivity index (χ0n) is 10.3. The highest BCUT2D eigenvalue weighted by Gasteiger charge is 2.14. The summed E-state index contributed by atoms with van der Waals surface area (Å²) >= 11 is 0. The zero-order valence-corrected chi connectivity index (χ0v) is 10.3. The van der Waals surface area contributed by atoms with Crippen molar-refractivity contribution >= 4 is 5.91 Å². The summed E-state index contributed by atoms with van der Waals surface area (Å²) in [5.74, 6) is -0.228. The van der Waals surface area contributed by atoms with Gasteiger partial charge in [0.15, 0.2) is 0 Å². The third kappa shape index (κ3) is 2.88. The fraction of sp³-hybridized carbons (Fsp3) is 0.143. The molecule has 0 aliphatic carbocycles. The van der Waals surface area contributed by atoms with E-state index >= 15 is 0 Å². The van der Waals surface area contributed by atoms with Gasteiger partial charge >= 0.3 is 0 Å². The molecule has 0 aliphatic heterocycles. The minimum atomic E-state index is -1.45. The van der Waals surface area contributed by atoms with Crippen LogP contribution in [0.5, 0.6) is 5.75 Å². The average Bonchev–Trinajstić information content (AvgIpc) is 2.38. The van der Waals surface area contributed by atoms with E-state index in [0.717, 1.165) is 0 Å². The normalized spacial score (nSPS) is 11.9. The first-order valence-electron chi connectivity index (χ1n) is 5.73. The van der Waals surface area contributed by atoms with Crippen molar-refractivity contribution in [2.45, 2.75) is 13.3 Å². The fourth-order valence-corrected chi connectivity index (χ4v) is 1.79. The largest absolute Gasteiger partial charge is 0.460 e. The molecule has 2 N–H and O–H groups in total. The second-order valence-corrected chi connectivity index (χ2v) is 3.94. The number of nitrogens with two attached hydrogens (primary N) is 1. The Hall–Kier alpha value is -2.43. The van der Waals surface area contributed by atoms with Gasteiger partial charge in [-0.25, -0.2) is 4.39 Å². The van der Waals surface area contributed by atoms with Crippen LogP contribution in [0.2, 0.25) is 0 Å². The van der Waals surface area contributed by atoms with E-state index in [1.807, 2.05) is 0 Å². The van der Waals surface area contributed by atoms with Crippen molar-refractivity contribution in [3.05, 3.63) is 48.3 Å². The molecule has 5 heteroatoms. The Kier molecular flexibility index (Phi) is 3.75. The van der Waals surface area contributed by atoms with Gasteiger partial charge in [0.1, 0.15) is 5.75 Å². The molecule has 1 unspecified atom stereocenters. The lowest BCUT2D eigenvalue weighted by atomic mass is 10.0. The number of hydrogen-bond donors (Lipinski definition) is 1. The van der Waals surface area contributed by atoms with Gasteiger partial charge in [0.2, 0.25) is 12.3 Å². The number of para-hydroxylation sites is 1. The first-order valence-corrected chi connectivity index (χ1v) is 5.73. The Morgan fingerprint density at radius 1 is 1.32 bits per heavy atom. The van der Waals surface area contributed by atoms with E-state index in [-0.39, 0.29) is 0 Å². The van der Waals surface area contributed by atoms with Gasteiger partial charge in [-0.15, -0.1) is 0 Å². The Morgan fingerprint density at radius 2 is 2.05 bits per heavy atom. The number of benzene rings is 1. The fourth-order valence-electron chi connectivity index (χ4n) is 1.79. The van der Waals surface area contributed by atoms with Crippen LogP contribution < -0.4 is 10.5 Å². The van der Waals surface area contributed by atoms with Crippen molar-refractivity contribution in [2.75, 3.05) is 0 Å². The topological polar surface area (TPSA) is 65.2 Å². The predicted octanol–water partition coefficient (Wildman–Crippen LogP) is 2.54. The number of carbonyl (C=O) groups is 1. The molecule has 1 amide bonds. The maximum Gasteiger partial charge on any atom is 0.249 e. The molecule has 0 bridgehead atoms. The molecule has 0 saturated heterocycles. The van der Waals surface area contributed by atoms with Gasteiger partial charge in [-0.1, -0.05) is 18.2 Å². The van der Waals surface area contributed by atoms with Crippen LogP contribution in [0.3, 0.4) is 0 Å². The molecule has 1 atom stereocenters. The molecule has 19 heavy (non-hydrogen) atoms. The number of aromatic nitrogens is 1. The molecule has 2 aromatic rings. The lowest BCUT2D eigenvalue weighted by Gasteiger charge is -2.13. The Morgan fingerprint density at radius 3 is 2.74 bits per heavy atom. The zero-order chi connectivity index (χ0) is 13.8. The van der Waals surface area contributed by atoms with E-state index in [1.165, 1.54) is 25.4 Å². The Balaban J connectivity index is 2.56. The van der Waals surface area contributed by atoms with Gasteiger partial charge in [0.25, 0.3) is 0 Å². The minimum Gasteiger partial charge on any atom is -0.460 e. The summed E-state index contributed by atoms with van der Waals surface area (Å²) < 4.78 is 18.1. The van der Waals surface area contributed by atoms with E-state index < -0.39 is 12.3 Å². The van der Waals surface area contributed by atoms with Crippen LogP contribution in [0, 0.1) is 0 Å².